The molecule has 5 nitrogen and oxygen atoms in total. The quantitative estimate of drug-likeness (QED) is 0.382. The summed E-state index contributed by atoms with van der Waals surface area (Å²) in [5.41, 5.74) is 1.20. The summed E-state index contributed by atoms with van der Waals surface area (Å²) < 4.78 is 9.82. The van der Waals surface area contributed by atoms with Crippen molar-refractivity contribution < 1.29 is 13.8 Å². The van der Waals surface area contributed by atoms with E-state index >= 15 is 0 Å². The molecule has 2 aromatic carbocycles. The number of alkyl halides is 2. The van der Waals surface area contributed by atoms with Crippen LogP contribution in [0.1, 0.15) is 35.7 Å². The minimum Gasteiger partial charge on any atom is -0.351 e. The molecular formula is C22H23Cl5N2O3S. The molecular weight excluding hydrogens is 550 g/mol. The molecule has 2 N–H and O–H groups in total. The lowest BCUT2D eigenvalue weighted by atomic mass is 10.1. The van der Waals surface area contributed by atoms with E-state index < -0.39 is 38.8 Å². The normalized spacial score (nSPS) is 19.0. The van der Waals surface area contributed by atoms with Gasteiger partial charge in [0, 0.05) is 51.0 Å². The zero-order valence-corrected chi connectivity index (χ0v) is 22.7. The highest BCUT2D eigenvalue weighted by Gasteiger charge is 2.67. The van der Waals surface area contributed by atoms with Gasteiger partial charge in [-0.25, -0.2) is 0 Å². The van der Waals surface area contributed by atoms with Crippen LogP contribution in [-0.2, 0) is 15.6 Å². The van der Waals surface area contributed by atoms with Crippen LogP contribution < -0.4 is 10.6 Å². The topological polar surface area (TPSA) is 75.3 Å². The molecule has 1 fully saturated rings. The number of rotatable bonds is 7. The monoisotopic (exact) mass is 570 g/mol. The van der Waals surface area contributed by atoms with Crippen molar-refractivity contribution in [3.05, 3.63) is 62.6 Å². The SMILES string of the molecule is CC.CS(=O)CCNC(=O)c1cc(NC(=O)C2C(c3cc(Cl)cc(Cl)c3)C2(Cl)Cl)ccc1Cl. The van der Waals surface area contributed by atoms with Gasteiger partial charge < -0.3 is 10.6 Å². The van der Waals surface area contributed by atoms with Crippen LogP contribution in [0.15, 0.2) is 36.4 Å². The maximum absolute atomic E-state index is 12.8. The van der Waals surface area contributed by atoms with E-state index in [2.05, 4.69) is 10.6 Å². The second-order valence-electron chi connectivity index (χ2n) is 7.05. The van der Waals surface area contributed by atoms with Crippen LogP contribution >= 0.6 is 58.0 Å². The molecule has 0 aliphatic heterocycles. The van der Waals surface area contributed by atoms with E-state index in [0.29, 0.717) is 27.0 Å². The van der Waals surface area contributed by atoms with Crippen molar-refractivity contribution in [2.75, 3.05) is 23.9 Å². The number of hydrogen-bond acceptors (Lipinski definition) is 3. The first-order valence-electron chi connectivity index (χ1n) is 10.0. The Morgan fingerprint density at radius 3 is 2.21 bits per heavy atom. The molecule has 0 bridgehead atoms. The molecule has 3 rings (SSSR count). The van der Waals surface area contributed by atoms with Crippen LogP contribution in [0.25, 0.3) is 0 Å². The van der Waals surface area contributed by atoms with Gasteiger partial charge in [-0.3, -0.25) is 13.8 Å². The van der Waals surface area contributed by atoms with Crippen molar-refractivity contribution in [3.8, 4) is 0 Å². The summed E-state index contributed by atoms with van der Waals surface area (Å²) in [4.78, 5) is 25.2. The minimum atomic E-state index is -1.32. The van der Waals surface area contributed by atoms with Gasteiger partial charge in [-0.1, -0.05) is 48.7 Å². The van der Waals surface area contributed by atoms with E-state index in [4.69, 9.17) is 58.0 Å². The van der Waals surface area contributed by atoms with Gasteiger partial charge in [0.2, 0.25) is 5.91 Å². The van der Waals surface area contributed by atoms with Crippen LogP contribution in [0.5, 0.6) is 0 Å². The number of hydrogen-bond donors (Lipinski definition) is 2. The van der Waals surface area contributed by atoms with Gasteiger partial charge in [0.1, 0.15) is 4.33 Å². The molecule has 2 amide bonds. The van der Waals surface area contributed by atoms with Crippen molar-refractivity contribution >= 4 is 86.3 Å². The van der Waals surface area contributed by atoms with E-state index in [1.54, 1.807) is 30.5 Å². The summed E-state index contributed by atoms with van der Waals surface area (Å²) in [6.45, 7) is 4.24. The average Bonchev–Trinajstić information content (AvgIpc) is 3.32. The Hall–Kier alpha value is -1.02. The lowest BCUT2D eigenvalue weighted by Gasteiger charge is -2.10. The number of carbonyl (C=O) groups is 2. The predicted molar refractivity (Wildman–Crippen MR) is 140 cm³/mol. The molecule has 1 aliphatic carbocycles. The van der Waals surface area contributed by atoms with Gasteiger partial charge in [0.05, 0.1) is 16.5 Å². The van der Waals surface area contributed by atoms with Crippen molar-refractivity contribution in [1.29, 1.82) is 0 Å². The maximum Gasteiger partial charge on any atom is 0.252 e. The summed E-state index contributed by atoms with van der Waals surface area (Å²) in [6.07, 6.45) is 1.55. The predicted octanol–water partition coefficient (Wildman–Crippen LogP) is 6.31. The molecule has 2 aromatic rings. The number of amides is 2. The Kier molecular flexibility index (Phi) is 10.3. The summed E-state index contributed by atoms with van der Waals surface area (Å²) in [5.74, 6) is -1.76. The van der Waals surface area contributed by atoms with E-state index in [0.717, 1.165) is 0 Å². The van der Waals surface area contributed by atoms with Crippen LogP contribution in [-0.4, -0.2) is 38.9 Å². The number of nitrogens with one attached hydrogen (secondary N) is 2. The molecule has 0 radical (unpaired) electrons. The fourth-order valence-corrected chi connectivity index (χ4v) is 5.19. The number of halogens is 5. The molecule has 3 atom stereocenters. The Bertz CT molecular complexity index is 1040. The Morgan fingerprint density at radius 1 is 1.03 bits per heavy atom. The highest BCUT2D eigenvalue weighted by atomic mass is 35.5. The first-order chi connectivity index (χ1) is 15.5. The largest absolute Gasteiger partial charge is 0.351 e. The average molecular weight is 573 g/mol. The lowest BCUT2D eigenvalue weighted by molar-refractivity contribution is -0.117. The maximum atomic E-state index is 12.8. The fourth-order valence-electron chi connectivity index (χ4n) is 3.22. The van der Waals surface area contributed by atoms with Gasteiger partial charge in [0.25, 0.3) is 5.91 Å². The van der Waals surface area contributed by atoms with Crippen molar-refractivity contribution in [2.24, 2.45) is 5.92 Å². The van der Waals surface area contributed by atoms with Gasteiger partial charge in [-0.2, -0.15) is 0 Å². The first kappa shape index (κ1) is 28.2. The molecule has 3 unspecified atom stereocenters. The zero-order chi connectivity index (χ0) is 24.9. The Morgan fingerprint density at radius 2 is 1.64 bits per heavy atom. The van der Waals surface area contributed by atoms with Crippen LogP contribution in [0.3, 0.4) is 0 Å². The van der Waals surface area contributed by atoms with Crippen LogP contribution in [0.4, 0.5) is 5.69 Å². The molecule has 0 spiro atoms. The van der Waals surface area contributed by atoms with Gasteiger partial charge in [0.15, 0.2) is 0 Å². The molecule has 180 valence electrons. The standard InChI is InChI=1S/C20H17Cl5N2O3S.C2H6/c1-31(30)5-4-26-18(28)14-9-13(2-3-15(14)23)27-19(29)17-16(20(17,24)25)10-6-11(21)8-12(22)7-10;1-2/h2-3,6-9,16-17H,4-5H2,1H3,(H,26,28)(H,27,29);1-2H3. The molecule has 0 aromatic heterocycles. The third-order valence-corrected chi connectivity index (χ3v) is 7.22. The zero-order valence-electron chi connectivity index (χ0n) is 18.1. The van der Waals surface area contributed by atoms with Crippen molar-refractivity contribution in [1.82, 2.24) is 5.32 Å². The molecule has 0 saturated heterocycles. The Balaban J connectivity index is 0.00000187. The molecule has 33 heavy (non-hydrogen) atoms. The first-order valence-corrected chi connectivity index (χ1v) is 13.6. The smallest absolute Gasteiger partial charge is 0.252 e. The second-order valence-corrected chi connectivity index (χ2v) is 11.3. The summed E-state index contributed by atoms with van der Waals surface area (Å²) in [5, 5.41) is 6.41. The van der Waals surface area contributed by atoms with Crippen LogP contribution in [0, 0.1) is 5.92 Å². The lowest BCUT2D eigenvalue weighted by Crippen LogP contribution is -2.28. The van der Waals surface area contributed by atoms with E-state index in [9.17, 15) is 13.8 Å². The van der Waals surface area contributed by atoms with E-state index in [1.165, 1.54) is 12.1 Å². The number of anilines is 1. The highest BCUT2D eigenvalue weighted by Crippen LogP contribution is 2.65. The minimum absolute atomic E-state index is 0.179. The Labute approximate surface area is 220 Å². The van der Waals surface area contributed by atoms with E-state index in [-0.39, 0.29) is 17.1 Å². The molecule has 1 saturated carbocycles. The third kappa shape index (κ3) is 7.23. The fraction of sp³-hybridized carbons (Fsp3) is 0.364. The van der Waals surface area contributed by atoms with Crippen LogP contribution in [0.2, 0.25) is 15.1 Å². The molecule has 0 heterocycles. The summed E-state index contributed by atoms with van der Waals surface area (Å²) >= 11 is 31.0. The summed E-state index contributed by atoms with van der Waals surface area (Å²) in [7, 11) is -1.03. The summed E-state index contributed by atoms with van der Waals surface area (Å²) in [6, 6.07) is 9.43. The highest BCUT2D eigenvalue weighted by molar-refractivity contribution is 7.84. The third-order valence-electron chi connectivity index (χ3n) is 4.73. The van der Waals surface area contributed by atoms with E-state index in [1.807, 2.05) is 13.8 Å². The molecule has 11 heteroatoms. The van der Waals surface area contributed by atoms with Gasteiger partial charge >= 0.3 is 0 Å². The number of carbonyl (C=O) groups excluding carboxylic acids is 2. The van der Waals surface area contributed by atoms with Crippen molar-refractivity contribution in [2.45, 2.75) is 24.1 Å². The van der Waals surface area contributed by atoms with Gasteiger partial charge in [-0.15, -0.1) is 23.2 Å². The molecule has 1 aliphatic rings. The van der Waals surface area contributed by atoms with Gasteiger partial charge in [-0.05, 0) is 42.0 Å². The number of benzene rings is 2. The second kappa shape index (κ2) is 12.1. The van der Waals surface area contributed by atoms with Crippen molar-refractivity contribution in [3.63, 3.8) is 0 Å².